The van der Waals surface area contributed by atoms with E-state index < -0.39 is 0 Å². The molecule has 2 nitrogen and oxygen atoms in total. The summed E-state index contributed by atoms with van der Waals surface area (Å²) in [5, 5.41) is 0.617. The van der Waals surface area contributed by atoms with Crippen LogP contribution >= 0.6 is 11.6 Å². The molecule has 0 aliphatic heterocycles. The van der Waals surface area contributed by atoms with E-state index in [1.165, 1.54) is 12.1 Å². The summed E-state index contributed by atoms with van der Waals surface area (Å²) in [4.78, 5) is 0. The summed E-state index contributed by atoms with van der Waals surface area (Å²) in [5.74, 6) is 5.34. The van der Waals surface area contributed by atoms with Crippen molar-refractivity contribution in [3.05, 3.63) is 69.5 Å². The first-order valence-electron chi connectivity index (χ1n) is 6.01. The third-order valence-electron chi connectivity index (χ3n) is 3.19. The Morgan fingerprint density at radius 3 is 2.47 bits per heavy atom. The number of benzene rings is 2. The van der Waals surface area contributed by atoms with Crippen LogP contribution in [-0.2, 0) is 0 Å². The highest BCUT2D eigenvalue weighted by Gasteiger charge is 2.18. The highest BCUT2D eigenvalue weighted by atomic mass is 35.5. The van der Waals surface area contributed by atoms with Crippen LogP contribution < -0.4 is 11.3 Å². The molecule has 0 spiro atoms. The predicted molar refractivity (Wildman–Crippen MR) is 76.5 cm³/mol. The molecule has 4 heteroatoms. The van der Waals surface area contributed by atoms with Crippen LogP contribution in [-0.4, -0.2) is 0 Å². The third-order valence-corrected chi connectivity index (χ3v) is 3.51. The highest BCUT2D eigenvalue weighted by molar-refractivity contribution is 6.31. The summed E-state index contributed by atoms with van der Waals surface area (Å²) in [6.07, 6.45) is 0. The third kappa shape index (κ3) is 2.95. The largest absolute Gasteiger partial charge is 0.271 e. The molecular formula is C15H16ClFN2. The molecule has 3 N–H and O–H groups in total. The minimum Gasteiger partial charge on any atom is -0.271 e. The molecule has 2 rings (SSSR count). The van der Waals surface area contributed by atoms with Crippen LogP contribution in [0.15, 0.2) is 36.4 Å². The van der Waals surface area contributed by atoms with Gasteiger partial charge in [0.1, 0.15) is 5.82 Å². The number of halogens is 2. The maximum Gasteiger partial charge on any atom is 0.123 e. The van der Waals surface area contributed by atoms with E-state index in [1.54, 1.807) is 6.07 Å². The first-order chi connectivity index (χ1) is 9.02. The number of nitrogens with one attached hydrogen (secondary N) is 1. The van der Waals surface area contributed by atoms with Gasteiger partial charge in [0, 0.05) is 5.02 Å². The second-order valence-electron chi connectivity index (χ2n) is 4.63. The lowest BCUT2D eigenvalue weighted by molar-refractivity contribution is 0.603. The topological polar surface area (TPSA) is 38.0 Å². The Kier molecular flexibility index (Phi) is 4.20. The zero-order valence-corrected chi connectivity index (χ0v) is 11.6. The Morgan fingerprint density at radius 1 is 1.11 bits per heavy atom. The summed E-state index contributed by atoms with van der Waals surface area (Å²) in [6, 6.07) is 10.1. The fourth-order valence-electron chi connectivity index (χ4n) is 2.14. The summed E-state index contributed by atoms with van der Waals surface area (Å²) in [5.41, 5.74) is 6.36. The summed E-state index contributed by atoms with van der Waals surface area (Å²) in [6.45, 7) is 3.88. The van der Waals surface area contributed by atoms with Crippen LogP contribution in [0.4, 0.5) is 4.39 Å². The summed E-state index contributed by atoms with van der Waals surface area (Å²) in [7, 11) is 0. The van der Waals surface area contributed by atoms with Gasteiger partial charge in [0.05, 0.1) is 6.04 Å². The van der Waals surface area contributed by atoms with Crippen LogP contribution in [0.3, 0.4) is 0 Å². The van der Waals surface area contributed by atoms with Gasteiger partial charge in [0.25, 0.3) is 0 Å². The van der Waals surface area contributed by atoms with Gasteiger partial charge in [-0.3, -0.25) is 5.84 Å². The van der Waals surface area contributed by atoms with Gasteiger partial charge in [-0.05, 0) is 54.3 Å². The number of nitrogens with two attached hydrogens (primary N) is 1. The Balaban J connectivity index is 2.52. The molecule has 0 amide bonds. The van der Waals surface area contributed by atoms with Gasteiger partial charge in [-0.2, -0.15) is 0 Å². The van der Waals surface area contributed by atoms with Crippen molar-refractivity contribution in [3.8, 4) is 0 Å². The van der Waals surface area contributed by atoms with E-state index >= 15 is 0 Å². The molecule has 0 saturated heterocycles. The van der Waals surface area contributed by atoms with Gasteiger partial charge >= 0.3 is 0 Å². The van der Waals surface area contributed by atoms with Gasteiger partial charge in [0.15, 0.2) is 0 Å². The standard InChI is InChI=1S/C15H16ClFN2/c1-9-3-6-12(14(16)7-9)15(19-18)13-8-11(17)5-4-10(13)2/h3-8,15,19H,18H2,1-2H3. The maximum atomic E-state index is 13.4. The Hall–Kier alpha value is -1.42. The van der Waals surface area contributed by atoms with Gasteiger partial charge in [-0.15, -0.1) is 0 Å². The molecule has 0 fully saturated rings. The van der Waals surface area contributed by atoms with E-state index in [-0.39, 0.29) is 11.9 Å². The van der Waals surface area contributed by atoms with Gasteiger partial charge in [0.2, 0.25) is 0 Å². The van der Waals surface area contributed by atoms with E-state index in [0.717, 1.165) is 22.3 Å². The van der Waals surface area contributed by atoms with Crippen LogP contribution in [0.25, 0.3) is 0 Å². The molecular weight excluding hydrogens is 263 g/mol. The number of rotatable bonds is 3. The number of hydrogen-bond acceptors (Lipinski definition) is 2. The van der Waals surface area contributed by atoms with Crippen molar-refractivity contribution in [1.29, 1.82) is 0 Å². The van der Waals surface area contributed by atoms with Crippen molar-refractivity contribution in [2.24, 2.45) is 5.84 Å². The summed E-state index contributed by atoms with van der Waals surface area (Å²) >= 11 is 6.26. The molecule has 2 aromatic carbocycles. The molecule has 100 valence electrons. The second-order valence-corrected chi connectivity index (χ2v) is 5.03. The molecule has 1 unspecified atom stereocenters. The number of hydrogen-bond donors (Lipinski definition) is 2. The lowest BCUT2D eigenvalue weighted by atomic mass is 9.95. The van der Waals surface area contributed by atoms with Gasteiger partial charge < -0.3 is 0 Å². The van der Waals surface area contributed by atoms with E-state index in [0.29, 0.717) is 5.02 Å². The van der Waals surface area contributed by atoms with Crippen LogP contribution in [0.2, 0.25) is 5.02 Å². The van der Waals surface area contributed by atoms with Crippen molar-refractivity contribution in [3.63, 3.8) is 0 Å². The minimum atomic E-state index is -0.330. The van der Waals surface area contributed by atoms with Gasteiger partial charge in [-0.25, -0.2) is 9.82 Å². The van der Waals surface area contributed by atoms with Crippen molar-refractivity contribution < 1.29 is 4.39 Å². The molecule has 0 aliphatic rings. The number of aryl methyl sites for hydroxylation is 2. The molecule has 0 aromatic heterocycles. The average molecular weight is 279 g/mol. The normalized spacial score (nSPS) is 12.5. The molecule has 2 aromatic rings. The average Bonchev–Trinajstić information content (AvgIpc) is 2.36. The van der Waals surface area contributed by atoms with Crippen molar-refractivity contribution in [1.82, 2.24) is 5.43 Å². The SMILES string of the molecule is Cc1ccc(C(NN)c2cc(F)ccc2C)c(Cl)c1. The molecule has 0 bridgehead atoms. The molecule has 0 saturated carbocycles. The lowest BCUT2D eigenvalue weighted by Crippen LogP contribution is -2.29. The maximum absolute atomic E-state index is 13.4. The summed E-state index contributed by atoms with van der Waals surface area (Å²) < 4.78 is 13.4. The first-order valence-corrected chi connectivity index (χ1v) is 6.39. The van der Waals surface area contributed by atoms with Gasteiger partial charge in [-0.1, -0.05) is 29.8 Å². The van der Waals surface area contributed by atoms with Crippen LogP contribution in [0, 0.1) is 19.7 Å². The number of hydrazine groups is 1. The fourth-order valence-corrected chi connectivity index (χ4v) is 2.48. The molecule has 0 heterocycles. The minimum absolute atomic E-state index is 0.288. The van der Waals surface area contributed by atoms with E-state index in [1.807, 2.05) is 32.0 Å². The quantitative estimate of drug-likeness (QED) is 0.664. The highest BCUT2D eigenvalue weighted by Crippen LogP contribution is 2.30. The molecule has 0 radical (unpaired) electrons. The monoisotopic (exact) mass is 278 g/mol. The van der Waals surface area contributed by atoms with Crippen molar-refractivity contribution in [2.45, 2.75) is 19.9 Å². The van der Waals surface area contributed by atoms with Crippen LogP contribution in [0.5, 0.6) is 0 Å². The zero-order chi connectivity index (χ0) is 14.0. The lowest BCUT2D eigenvalue weighted by Gasteiger charge is -2.20. The zero-order valence-electron chi connectivity index (χ0n) is 10.9. The molecule has 19 heavy (non-hydrogen) atoms. The van der Waals surface area contributed by atoms with E-state index in [2.05, 4.69) is 5.43 Å². The Morgan fingerprint density at radius 2 is 1.84 bits per heavy atom. The fraction of sp³-hybridized carbons (Fsp3) is 0.200. The molecule has 0 aliphatic carbocycles. The molecule has 1 atom stereocenters. The predicted octanol–water partition coefficient (Wildman–Crippen LogP) is 3.65. The second kappa shape index (κ2) is 5.70. The van der Waals surface area contributed by atoms with E-state index in [4.69, 9.17) is 17.4 Å². The Labute approximate surface area is 117 Å². The van der Waals surface area contributed by atoms with Crippen LogP contribution in [0.1, 0.15) is 28.3 Å². The van der Waals surface area contributed by atoms with E-state index in [9.17, 15) is 4.39 Å². The smallest absolute Gasteiger partial charge is 0.123 e. The first kappa shape index (κ1) is 14.0. The van der Waals surface area contributed by atoms with Crippen molar-refractivity contribution in [2.75, 3.05) is 0 Å². The van der Waals surface area contributed by atoms with Crippen molar-refractivity contribution >= 4 is 11.6 Å². The Bertz CT molecular complexity index is 599.